The van der Waals surface area contributed by atoms with Crippen molar-refractivity contribution >= 4 is 0 Å². The Morgan fingerprint density at radius 3 is 2.65 bits per heavy atom. The van der Waals surface area contributed by atoms with Crippen LogP contribution in [0.2, 0.25) is 0 Å². The van der Waals surface area contributed by atoms with E-state index >= 15 is 0 Å². The van der Waals surface area contributed by atoms with Crippen LogP contribution in [-0.2, 0) is 11.2 Å². The normalized spacial score (nSPS) is 14.6. The number of halogens is 1. The van der Waals surface area contributed by atoms with Crippen LogP contribution in [0.4, 0.5) is 4.39 Å². The van der Waals surface area contributed by atoms with E-state index in [9.17, 15) is 4.39 Å². The minimum absolute atomic E-state index is 0.00426. The Morgan fingerprint density at radius 1 is 1.41 bits per heavy atom. The van der Waals surface area contributed by atoms with Gasteiger partial charge < -0.3 is 4.74 Å². The van der Waals surface area contributed by atoms with Crippen molar-refractivity contribution in [3.8, 4) is 0 Å². The van der Waals surface area contributed by atoms with Gasteiger partial charge in [-0.05, 0) is 24.5 Å². The quantitative estimate of drug-likeness (QED) is 0.566. The Kier molecular flexibility index (Phi) is 6.11. The number of methoxy groups -OCH3 is 1. The predicted molar refractivity (Wildman–Crippen MR) is 66.9 cm³/mol. The third-order valence-electron chi connectivity index (χ3n) is 2.94. The summed E-state index contributed by atoms with van der Waals surface area (Å²) in [6.45, 7) is 2.09. The molecule has 0 amide bonds. The van der Waals surface area contributed by atoms with Gasteiger partial charge in [0.2, 0.25) is 0 Å². The average Bonchev–Trinajstić information content (AvgIpc) is 2.35. The van der Waals surface area contributed by atoms with Crippen LogP contribution in [0.15, 0.2) is 24.3 Å². The second kappa shape index (κ2) is 7.37. The first-order chi connectivity index (χ1) is 8.22. The number of ether oxygens (including phenoxy) is 1. The van der Waals surface area contributed by atoms with E-state index in [1.54, 1.807) is 19.2 Å². The zero-order valence-corrected chi connectivity index (χ0v) is 10.4. The topological polar surface area (TPSA) is 47.3 Å². The van der Waals surface area contributed by atoms with Crippen LogP contribution in [-0.4, -0.2) is 19.3 Å². The highest BCUT2D eigenvalue weighted by Gasteiger charge is 2.20. The second-order valence-corrected chi connectivity index (χ2v) is 4.13. The lowest BCUT2D eigenvalue weighted by Crippen LogP contribution is -2.46. The number of hydrazine groups is 1. The van der Waals surface area contributed by atoms with E-state index in [4.69, 9.17) is 10.6 Å². The maximum absolute atomic E-state index is 13.5. The monoisotopic (exact) mass is 240 g/mol. The van der Waals surface area contributed by atoms with Gasteiger partial charge in [0.15, 0.2) is 0 Å². The molecule has 0 fully saturated rings. The standard InChI is InChI=1S/C13H21FN2O/c1-3-6-13(17-2)12(16-15)9-10-7-4-5-8-11(10)14/h4-5,7-8,12-13,16H,3,6,9,15H2,1-2H3. The van der Waals surface area contributed by atoms with Crippen molar-refractivity contribution in [2.75, 3.05) is 7.11 Å². The van der Waals surface area contributed by atoms with Gasteiger partial charge in [-0.3, -0.25) is 11.3 Å². The van der Waals surface area contributed by atoms with Gasteiger partial charge in [-0.2, -0.15) is 0 Å². The third-order valence-corrected chi connectivity index (χ3v) is 2.94. The molecule has 0 aromatic heterocycles. The van der Waals surface area contributed by atoms with E-state index < -0.39 is 0 Å². The predicted octanol–water partition coefficient (Wildman–Crippen LogP) is 2.02. The van der Waals surface area contributed by atoms with Gasteiger partial charge in [0.1, 0.15) is 5.82 Å². The Labute approximate surface area is 102 Å². The maximum atomic E-state index is 13.5. The fourth-order valence-electron chi connectivity index (χ4n) is 1.97. The van der Waals surface area contributed by atoms with Gasteiger partial charge in [-0.1, -0.05) is 31.5 Å². The molecule has 3 nitrogen and oxygen atoms in total. The second-order valence-electron chi connectivity index (χ2n) is 4.13. The van der Waals surface area contributed by atoms with E-state index in [1.165, 1.54) is 6.07 Å². The molecule has 0 saturated heterocycles. The van der Waals surface area contributed by atoms with Gasteiger partial charge in [0, 0.05) is 7.11 Å². The van der Waals surface area contributed by atoms with Crippen LogP contribution in [0.25, 0.3) is 0 Å². The minimum Gasteiger partial charge on any atom is -0.380 e. The lowest BCUT2D eigenvalue weighted by atomic mass is 9.98. The number of hydrogen-bond donors (Lipinski definition) is 2. The summed E-state index contributed by atoms with van der Waals surface area (Å²) >= 11 is 0. The lowest BCUT2D eigenvalue weighted by Gasteiger charge is -2.25. The van der Waals surface area contributed by atoms with Crippen LogP contribution < -0.4 is 11.3 Å². The fourth-order valence-corrected chi connectivity index (χ4v) is 1.97. The summed E-state index contributed by atoms with van der Waals surface area (Å²) in [7, 11) is 1.66. The summed E-state index contributed by atoms with van der Waals surface area (Å²) in [5.74, 6) is 5.33. The molecule has 0 aliphatic rings. The molecule has 3 N–H and O–H groups in total. The van der Waals surface area contributed by atoms with E-state index in [0.717, 1.165) is 12.8 Å². The number of nitrogens with one attached hydrogen (secondary N) is 1. The van der Waals surface area contributed by atoms with Crippen LogP contribution in [0.3, 0.4) is 0 Å². The van der Waals surface area contributed by atoms with Gasteiger partial charge in [0.05, 0.1) is 12.1 Å². The minimum atomic E-state index is -0.195. The largest absolute Gasteiger partial charge is 0.380 e. The van der Waals surface area contributed by atoms with Crippen LogP contribution in [0.5, 0.6) is 0 Å². The zero-order chi connectivity index (χ0) is 12.7. The first kappa shape index (κ1) is 14.1. The van der Waals surface area contributed by atoms with Crippen molar-refractivity contribution < 1.29 is 9.13 Å². The van der Waals surface area contributed by atoms with Crippen LogP contribution in [0, 0.1) is 5.82 Å². The molecule has 0 bridgehead atoms. The molecule has 0 radical (unpaired) electrons. The fraction of sp³-hybridized carbons (Fsp3) is 0.538. The smallest absolute Gasteiger partial charge is 0.126 e. The van der Waals surface area contributed by atoms with Crippen molar-refractivity contribution in [2.24, 2.45) is 5.84 Å². The summed E-state index contributed by atoms with van der Waals surface area (Å²) < 4.78 is 18.9. The molecule has 0 aliphatic heterocycles. The highest BCUT2D eigenvalue weighted by Crippen LogP contribution is 2.14. The molecule has 17 heavy (non-hydrogen) atoms. The van der Waals surface area contributed by atoms with Crippen molar-refractivity contribution in [1.29, 1.82) is 0 Å². The van der Waals surface area contributed by atoms with Crippen LogP contribution in [0.1, 0.15) is 25.3 Å². The van der Waals surface area contributed by atoms with Gasteiger partial charge in [-0.15, -0.1) is 0 Å². The Morgan fingerprint density at radius 2 is 2.12 bits per heavy atom. The van der Waals surface area contributed by atoms with E-state index in [0.29, 0.717) is 12.0 Å². The molecule has 0 heterocycles. The zero-order valence-electron chi connectivity index (χ0n) is 10.4. The molecule has 1 aromatic rings. The molecule has 0 saturated carbocycles. The molecule has 1 rings (SSSR count). The van der Waals surface area contributed by atoms with Gasteiger partial charge in [-0.25, -0.2) is 4.39 Å². The number of benzene rings is 1. The van der Waals surface area contributed by atoms with E-state index in [-0.39, 0.29) is 18.0 Å². The van der Waals surface area contributed by atoms with Gasteiger partial charge >= 0.3 is 0 Å². The summed E-state index contributed by atoms with van der Waals surface area (Å²) in [6, 6.07) is 6.68. The molecule has 96 valence electrons. The molecule has 4 heteroatoms. The van der Waals surface area contributed by atoms with Crippen LogP contribution >= 0.6 is 0 Å². The third kappa shape index (κ3) is 4.07. The first-order valence-corrected chi connectivity index (χ1v) is 5.95. The van der Waals surface area contributed by atoms with Crippen molar-refractivity contribution in [1.82, 2.24) is 5.43 Å². The Bertz CT molecular complexity index is 333. The summed E-state index contributed by atoms with van der Waals surface area (Å²) in [4.78, 5) is 0. The van der Waals surface area contributed by atoms with E-state index in [1.807, 2.05) is 6.07 Å². The Balaban J connectivity index is 2.72. The summed E-state index contributed by atoms with van der Waals surface area (Å²) in [5.41, 5.74) is 3.38. The summed E-state index contributed by atoms with van der Waals surface area (Å²) in [5, 5.41) is 0. The molecule has 2 unspecified atom stereocenters. The number of nitrogens with two attached hydrogens (primary N) is 1. The van der Waals surface area contributed by atoms with Crippen molar-refractivity contribution in [3.05, 3.63) is 35.6 Å². The molecule has 0 spiro atoms. The lowest BCUT2D eigenvalue weighted by molar-refractivity contribution is 0.0607. The number of rotatable bonds is 7. The number of hydrogen-bond acceptors (Lipinski definition) is 3. The highest BCUT2D eigenvalue weighted by atomic mass is 19.1. The average molecular weight is 240 g/mol. The first-order valence-electron chi connectivity index (χ1n) is 5.95. The molecular weight excluding hydrogens is 219 g/mol. The van der Waals surface area contributed by atoms with Gasteiger partial charge in [0.25, 0.3) is 0 Å². The molecule has 0 aliphatic carbocycles. The highest BCUT2D eigenvalue weighted by molar-refractivity contribution is 5.18. The van der Waals surface area contributed by atoms with E-state index in [2.05, 4.69) is 12.3 Å². The summed E-state index contributed by atoms with van der Waals surface area (Å²) in [6.07, 6.45) is 2.44. The SMILES string of the molecule is CCCC(OC)C(Cc1ccccc1F)NN. The van der Waals surface area contributed by atoms with Crippen molar-refractivity contribution in [3.63, 3.8) is 0 Å². The molecule has 2 atom stereocenters. The molecular formula is C13H21FN2O. The maximum Gasteiger partial charge on any atom is 0.126 e. The van der Waals surface area contributed by atoms with Crippen molar-refractivity contribution in [2.45, 2.75) is 38.3 Å². The molecule has 1 aromatic carbocycles. The Hall–Kier alpha value is -0.970.